The molecule has 0 bridgehead atoms. The summed E-state index contributed by atoms with van der Waals surface area (Å²) in [5.41, 5.74) is 0. The minimum atomic E-state index is 0.494. The summed E-state index contributed by atoms with van der Waals surface area (Å²) in [6.45, 7) is 4.21. The molecule has 0 saturated carbocycles. The fraction of sp³-hybridized carbons (Fsp3) is 1.00. The number of hydrogen-bond donors (Lipinski definition) is 0. The predicted molar refractivity (Wildman–Crippen MR) is 47.2 cm³/mol. The van der Waals surface area contributed by atoms with E-state index in [9.17, 15) is 0 Å². The lowest BCUT2D eigenvalue weighted by molar-refractivity contribution is 0.0543. The summed E-state index contributed by atoms with van der Waals surface area (Å²) in [6.07, 6.45) is 1.08. The Morgan fingerprint density at radius 2 is 2.09 bits per heavy atom. The molecular weight excluding hydrogens is 164 g/mol. The minimum absolute atomic E-state index is 0.494. The van der Waals surface area contributed by atoms with E-state index < -0.39 is 0 Å². The Labute approximate surface area is 73.8 Å². The Hall–Kier alpha value is 0.210. The molecule has 0 aromatic heterocycles. The van der Waals surface area contributed by atoms with E-state index in [2.05, 4.69) is 6.92 Å². The smallest absolute Gasteiger partial charge is 0.0700 e. The molecule has 0 spiro atoms. The lowest BCUT2D eigenvalue weighted by Gasteiger charge is -2.10. The van der Waals surface area contributed by atoms with Crippen LogP contribution in [0, 0.1) is 5.92 Å². The molecule has 0 N–H and O–H groups in total. The van der Waals surface area contributed by atoms with Gasteiger partial charge in [-0.15, -0.1) is 11.6 Å². The molecule has 0 rings (SSSR count). The van der Waals surface area contributed by atoms with Gasteiger partial charge in [0.25, 0.3) is 0 Å². The third-order valence-electron chi connectivity index (χ3n) is 1.58. The molecule has 11 heavy (non-hydrogen) atoms. The topological polar surface area (TPSA) is 18.5 Å². The van der Waals surface area contributed by atoms with Crippen LogP contribution in [0.5, 0.6) is 0 Å². The normalized spacial score (nSPS) is 13.4. The van der Waals surface area contributed by atoms with E-state index in [1.165, 1.54) is 0 Å². The van der Waals surface area contributed by atoms with Crippen LogP contribution in [-0.4, -0.2) is 32.8 Å². The largest absolute Gasteiger partial charge is 0.382 e. The highest BCUT2D eigenvalue weighted by Gasteiger charge is 2.03. The summed E-state index contributed by atoms with van der Waals surface area (Å²) >= 11 is 5.67. The average molecular weight is 181 g/mol. The quantitative estimate of drug-likeness (QED) is 0.440. The van der Waals surface area contributed by atoms with Gasteiger partial charge in [-0.05, 0) is 12.3 Å². The maximum absolute atomic E-state index is 5.67. The molecule has 0 aliphatic carbocycles. The van der Waals surface area contributed by atoms with Crippen LogP contribution in [0.2, 0.25) is 0 Å². The molecular formula is C8H17ClO2. The van der Waals surface area contributed by atoms with Gasteiger partial charge in [-0.2, -0.15) is 0 Å². The lowest BCUT2D eigenvalue weighted by Crippen LogP contribution is -2.12. The van der Waals surface area contributed by atoms with Crippen molar-refractivity contribution in [3.05, 3.63) is 0 Å². The first-order valence-corrected chi connectivity index (χ1v) is 4.51. The average Bonchev–Trinajstić information content (AvgIpc) is 2.05. The molecule has 1 atom stereocenters. The van der Waals surface area contributed by atoms with E-state index in [1.54, 1.807) is 7.11 Å². The van der Waals surface area contributed by atoms with Crippen LogP contribution in [0.4, 0.5) is 0 Å². The van der Waals surface area contributed by atoms with Crippen molar-refractivity contribution in [2.24, 2.45) is 5.92 Å². The van der Waals surface area contributed by atoms with Crippen LogP contribution in [0.3, 0.4) is 0 Å². The van der Waals surface area contributed by atoms with Gasteiger partial charge in [-0.1, -0.05) is 6.92 Å². The summed E-state index contributed by atoms with van der Waals surface area (Å²) in [5, 5.41) is 0. The van der Waals surface area contributed by atoms with Crippen molar-refractivity contribution < 1.29 is 9.47 Å². The molecule has 0 radical (unpaired) electrons. The van der Waals surface area contributed by atoms with Crippen LogP contribution in [-0.2, 0) is 9.47 Å². The standard InChI is InChI=1S/C8H17ClO2/c1-3-8(6-9)7-11-5-4-10-2/h8H,3-7H2,1-2H3. The molecule has 0 heterocycles. The van der Waals surface area contributed by atoms with Crippen molar-refractivity contribution >= 4 is 11.6 Å². The van der Waals surface area contributed by atoms with E-state index in [0.29, 0.717) is 25.0 Å². The first kappa shape index (κ1) is 11.2. The second-order valence-electron chi connectivity index (χ2n) is 2.50. The monoisotopic (exact) mass is 180 g/mol. The number of ether oxygens (including phenoxy) is 2. The zero-order valence-corrected chi connectivity index (χ0v) is 8.06. The van der Waals surface area contributed by atoms with E-state index in [0.717, 1.165) is 13.0 Å². The summed E-state index contributed by atoms with van der Waals surface area (Å²) in [4.78, 5) is 0. The predicted octanol–water partition coefficient (Wildman–Crippen LogP) is 1.91. The van der Waals surface area contributed by atoms with Crippen molar-refractivity contribution in [1.82, 2.24) is 0 Å². The SMILES string of the molecule is CCC(CCl)COCCOC. The zero-order chi connectivity index (χ0) is 8.53. The van der Waals surface area contributed by atoms with Gasteiger partial charge < -0.3 is 9.47 Å². The summed E-state index contributed by atoms with van der Waals surface area (Å²) in [6, 6.07) is 0. The highest BCUT2D eigenvalue weighted by molar-refractivity contribution is 6.18. The van der Waals surface area contributed by atoms with Crippen molar-refractivity contribution in [3.63, 3.8) is 0 Å². The molecule has 2 nitrogen and oxygen atoms in total. The second-order valence-corrected chi connectivity index (χ2v) is 2.80. The van der Waals surface area contributed by atoms with Gasteiger partial charge in [-0.25, -0.2) is 0 Å². The number of halogens is 1. The van der Waals surface area contributed by atoms with Gasteiger partial charge >= 0.3 is 0 Å². The zero-order valence-electron chi connectivity index (χ0n) is 7.31. The Kier molecular flexibility index (Phi) is 8.47. The number of hydrogen-bond acceptors (Lipinski definition) is 2. The van der Waals surface area contributed by atoms with Crippen LogP contribution >= 0.6 is 11.6 Å². The van der Waals surface area contributed by atoms with E-state index in [1.807, 2.05) is 0 Å². The molecule has 0 fully saturated rings. The summed E-state index contributed by atoms with van der Waals surface area (Å²) in [5.74, 6) is 1.18. The molecule has 0 aromatic carbocycles. The molecule has 0 aliphatic heterocycles. The number of alkyl halides is 1. The third kappa shape index (κ3) is 6.60. The Bertz CT molecular complexity index is 74.5. The van der Waals surface area contributed by atoms with Crippen molar-refractivity contribution in [1.29, 1.82) is 0 Å². The maximum atomic E-state index is 5.67. The van der Waals surface area contributed by atoms with Gasteiger partial charge in [0.05, 0.1) is 19.8 Å². The van der Waals surface area contributed by atoms with Crippen molar-refractivity contribution in [2.45, 2.75) is 13.3 Å². The minimum Gasteiger partial charge on any atom is -0.382 e. The number of methoxy groups -OCH3 is 1. The molecule has 3 heteroatoms. The van der Waals surface area contributed by atoms with Gasteiger partial charge in [0.2, 0.25) is 0 Å². The summed E-state index contributed by atoms with van der Waals surface area (Å²) in [7, 11) is 1.67. The van der Waals surface area contributed by atoms with Gasteiger partial charge in [0, 0.05) is 13.0 Å². The first-order chi connectivity index (χ1) is 5.35. The van der Waals surface area contributed by atoms with E-state index >= 15 is 0 Å². The Morgan fingerprint density at radius 3 is 2.55 bits per heavy atom. The Balaban J connectivity index is 3.07. The molecule has 0 aliphatic rings. The van der Waals surface area contributed by atoms with E-state index in [-0.39, 0.29) is 0 Å². The van der Waals surface area contributed by atoms with Crippen molar-refractivity contribution in [3.8, 4) is 0 Å². The Morgan fingerprint density at radius 1 is 1.36 bits per heavy atom. The second kappa shape index (κ2) is 8.31. The highest BCUT2D eigenvalue weighted by Crippen LogP contribution is 2.04. The first-order valence-electron chi connectivity index (χ1n) is 3.97. The van der Waals surface area contributed by atoms with Crippen LogP contribution in [0.25, 0.3) is 0 Å². The fourth-order valence-electron chi connectivity index (χ4n) is 0.664. The molecule has 0 saturated heterocycles. The molecule has 0 amide bonds. The van der Waals surface area contributed by atoms with E-state index in [4.69, 9.17) is 21.1 Å². The van der Waals surface area contributed by atoms with Gasteiger partial charge in [0.15, 0.2) is 0 Å². The highest BCUT2D eigenvalue weighted by atomic mass is 35.5. The van der Waals surface area contributed by atoms with Crippen molar-refractivity contribution in [2.75, 3.05) is 32.8 Å². The summed E-state index contributed by atoms with van der Waals surface area (Å²) < 4.78 is 10.1. The molecule has 1 unspecified atom stereocenters. The maximum Gasteiger partial charge on any atom is 0.0700 e. The van der Waals surface area contributed by atoms with Gasteiger partial charge in [0.1, 0.15) is 0 Å². The number of rotatable bonds is 7. The third-order valence-corrected chi connectivity index (χ3v) is 2.02. The van der Waals surface area contributed by atoms with Gasteiger partial charge in [-0.3, -0.25) is 0 Å². The van der Waals surface area contributed by atoms with Crippen LogP contribution < -0.4 is 0 Å². The fourth-order valence-corrected chi connectivity index (χ4v) is 0.971. The lowest BCUT2D eigenvalue weighted by atomic mass is 10.1. The van der Waals surface area contributed by atoms with Crippen LogP contribution in [0.1, 0.15) is 13.3 Å². The molecule has 0 aromatic rings. The molecule has 68 valence electrons. The van der Waals surface area contributed by atoms with Crippen LogP contribution in [0.15, 0.2) is 0 Å².